The van der Waals surface area contributed by atoms with Gasteiger partial charge in [-0.25, -0.2) is 0 Å². The normalized spacial score (nSPS) is 11.3. The molecule has 4 nitrogen and oxygen atoms in total. The number of rotatable bonds is 7. The summed E-state index contributed by atoms with van der Waals surface area (Å²) in [6, 6.07) is 7.85. The van der Waals surface area contributed by atoms with Gasteiger partial charge in [0.2, 0.25) is 5.91 Å². The minimum absolute atomic E-state index is 0. The van der Waals surface area contributed by atoms with Gasteiger partial charge in [-0.05, 0) is 31.6 Å². The van der Waals surface area contributed by atoms with Gasteiger partial charge in [0.25, 0.3) is 0 Å². The Morgan fingerprint density at radius 3 is 2.48 bits per heavy atom. The number of nitrogens with two attached hydrogens (primary N) is 1. The topological polar surface area (TPSA) is 58.4 Å². The Hall–Kier alpha value is -0.810. The van der Waals surface area contributed by atoms with E-state index in [0.29, 0.717) is 6.54 Å². The van der Waals surface area contributed by atoms with E-state index in [0.717, 1.165) is 24.9 Å². The van der Waals surface area contributed by atoms with Crippen LogP contribution in [0.4, 0.5) is 0 Å². The van der Waals surface area contributed by atoms with Crippen molar-refractivity contribution < 1.29 is 4.79 Å². The van der Waals surface area contributed by atoms with Crippen molar-refractivity contribution in [2.45, 2.75) is 38.9 Å². The molecule has 1 rings (SSSR count). The van der Waals surface area contributed by atoms with Gasteiger partial charge >= 0.3 is 0 Å². The van der Waals surface area contributed by atoms with Crippen molar-refractivity contribution in [3.05, 3.63) is 35.4 Å². The molecular formula is C15H27Cl2N3O. The smallest absolute Gasteiger partial charge is 0.237 e. The van der Waals surface area contributed by atoms with Crippen molar-refractivity contribution in [1.82, 2.24) is 10.2 Å². The van der Waals surface area contributed by atoms with Crippen LogP contribution in [0.15, 0.2) is 24.3 Å². The van der Waals surface area contributed by atoms with Crippen LogP contribution in [-0.2, 0) is 17.9 Å². The summed E-state index contributed by atoms with van der Waals surface area (Å²) >= 11 is 0. The zero-order valence-electron chi connectivity index (χ0n) is 13.0. The Morgan fingerprint density at radius 1 is 1.29 bits per heavy atom. The van der Waals surface area contributed by atoms with E-state index in [1.165, 1.54) is 5.56 Å². The highest BCUT2D eigenvalue weighted by Crippen LogP contribution is 2.07. The number of nitrogens with one attached hydrogen (secondary N) is 1. The number of halogens is 2. The van der Waals surface area contributed by atoms with Crippen molar-refractivity contribution in [2.24, 2.45) is 5.73 Å². The summed E-state index contributed by atoms with van der Waals surface area (Å²) in [5.41, 5.74) is 8.12. The van der Waals surface area contributed by atoms with E-state index in [1.54, 1.807) is 0 Å². The first kappa shape index (κ1) is 22.5. The molecule has 0 aliphatic carbocycles. The van der Waals surface area contributed by atoms with Gasteiger partial charge in [-0.1, -0.05) is 37.6 Å². The largest absolute Gasteiger partial charge is 0.351 e. The van der Waals surface area contributed by atoms with Gasteiger partial charge in [0.15, 0.2) is 0 Å². The number of carbonyl (C=O) groups excluding carboxylic acids is 1. The molecule has 0 bridgehead atoms. The first-order chi connectivity index (χ1) is 9.02. The highest BCUT2D eigenvalue weighted by Gasteiger charge is 2.11. The van der Waals surface area contributed by atoms with E-state index in [1.807, 2.05) is 33.2 Å². The Kier molecular flexibility index (Phi) is 12.6. The third kappa shape index (κ3) is 8.94. The number of benzene rings is 1. The third-order valence-corrected chi connectivity index (χ3v) is 2.89. The zero-order valence-corrected chi connectivity index (χ0v) is 14.6. The predicted molar refractivity (Wildman–Crippen MR) is 93.1 cm³/mol. The Balaban J connectivity index is 0. The molecule has 0 aliphatic heterocycles. The Labute approximate surface area is 140 Å². The van der Waals surface area contributed by atoms with Crippen LogP contribution in [0.3, 0.4) is 0 Å². The first-order valence-electron chi connectivity index (χ1n) is 6.78. The van der Waals surface area contributed by atoms with Crippen LogP contribution in [0, 0.1) is 0 Å². The molecule has 21 heavy (non-hydrogen) atoms. The number of carbonyl (C=O) groups is 1. The van der Waals surface area contributed by atoms with Gasteiger partial charge in [-0.2, -0.15) is 0 Å². The standard InChI is InChI=1S/C15H25N3O.2ClH/c1-4-6-14(16)15(19)17-10-12-7-5-8-13(9-12)11-18(2)3;;/h5,7-9,14H,4,6,10-11,16H2,1-3H3,(H,17,19);2*1H. The summed E-state index contributed by atoms with van der Waals surface area (Å²) in [4.78, 5) is 13.8. The number of hydrogen-bond acceptors (Lipinski definition) is 3. The van der Waals surface area contributed by atoms with Crippen LogP contribution < -0.4 is 11.1 Å². The molecule has 0 saturated carbocycles. The van der Waals surface area contributed by atoms with E-state index in [-0.39, 0.29) is 30.7 Å². The maximum absolute atomic E-state index is 11.7. The zero-order chi connectivity index (χ0) is 14.3. The third-order valence-electron chi connectivity index (χ3n) is 2.89. The lowest BCUT2D eigenvalue weighted by molar-refractivity contribution is -0.122. The second kappa shape index (κ2) is 11.8. The minimum atomic E-state index is -0.394. The molecule has 0 spiro atoms. The molecule has 1 aromatic carbocycles. The lowest BCUT2D eigenvalue weighted by Gasteiger charge is -2.13. The molecule has 0 fully saturated rings. The van der Waals surface area contributed by atoms with Gasteiger partial charge in [0, 0.05) is 13.1 Å². The highest BCUT2D eigenvalue weighted by molar-refractivity contribution is 5.85. The maximum Gasteiger partial charge on any atom is 0.237 e. The van der Waals surface area contributed by atoms with Crippen molar-refractivity contribution in [2.75, 3.05) is 14.1 Å². The monoisotopic (exact) mass is 335 g/mol. The van der Waals surface area contributed by atoms with Crippen LogP contribution >= 0.6 is 24.8 Å². The molecule has 0 aromatic heterocycles. The van der Waals surface area contributed by atoms with Gasteiger partial charge in [0.05, 0.1) is 6.04 Å². The highest BCUT2D eigenvalue weighted by atomic mass is 35.5. The molecule has 0 heterocycles. The molecule has 1 amide bonds. The molecule has 1 unspecified atom stereocenters. The summed E-state index contributed by atoms with van der Waals surface area (Å²) in [5, 5.41) is 2.89. The Morgan fingerprint density at radius 2 is 1.90 bits per heavy atom. The van der Waals surface area contributed by atoms with Gasteiger partial charge in [-0.15, -0.1) is 24.8 Å². The fourth-order valence-corrected chi connectivity index (χ4v) is 1.97. The first-order valence-corrected chi connectivity index (χ1v) is 6.78. The molecular weight excluding hydrogens is 309 g/mol. The quantitative estimate of drug-likeness (QED) is 0.803. The second-order valence-electron chi connectivity index (χ2n) is 5.17. The maximum atomic E-state index is 11.7. The minimum Gasteiger partial charge on any atom is -0.351 e. The van der Waals surface area contributed by atoms with E-state index in [4.69, 9.17) is 5.73 Å². The second-order valence-corrected chi connectivity index (χ2v) is 5.17. The van der Waals surface area contributed by atoms with E-state index >= 15 is 0 Å². The molecule has 0 saturated heterocycles. The Bertz CT molecular complexity index is 414. The van der Waals surface area contributed by atoms with Gasteiger partial charge in [-0.3, -0.25) is 4.79 Å². The number of hydrogen-bond donors (Lipinski definition) is 2. The van der Waals surface area contributed by atoms with Crippen LogP contribution in [0.2, 0.25) is 0 Å². The SMILES string of the molecule is CCCC(N)C(=O)NCc1cccc(CN(C)C)c1.Cl.Cl. The average Bonchev–Trinajstić information content (AvgIpc) is 2.36. The van der Waals surface area contributed by atoms with E-state index in [9.17, 15) is 4.79 Å². The molecule has 0 aliphatic rings. The molecule has 6 heteroatoms. The molecule has 1 atom stereocenters. The van der Waals surface area contributed by atoms with Crippen LogP contribution in [-0.4, -0.2) is 30.9 Å². The molecule has 1 aromatic rings. The van der Waals surface area contributed by atoms with E-state index in [2.05, 4.69) is 22.3 Å². The van der Waals surface area contributed by atoms with Crippen molar-refractivity contribution in [1.29, 1.82) is 0 Å². The van der Waals surface area contributed by atoms with Crippen LogP contribution in [0.25, 0.3) is 0 Å². The van der Waals surface area contributed by atoms with Crippen LogP contribution in [0.1, 0.15) is 30.9 Å². The summed E-state index contributed by atoms with van der Waals surface area (Å²) in [6.45, 7) is 3.46. The summed E-state index contributed by atoms with van der Waals surface area (Å²) in [6.07, 6.45) is 1.65. The molecule has 3 N–H and O–H groups in total. The molecule has 122 valence electrons. The van der Waals surface area contributed by atoms with Crippen molar-refractivity contribution in [3.8, 4) is 0 Å². The van der Waals surface area contributed by atoms with Crippen molar-refractivity contribution in [3.63, 3.8) is 0 Å². The number of amides is 1. The fraction of sp³-hybridized carbons (Fsp3) is 0.533. The summed E-state index contributed by atoms with van der Waals surface area (Å²) in [5.74, 6) is -0.0696. The van der Waals surface area contributed by atoms with Crippen LogP contribution in [0.5, 0.6) is 0 Å². The predicted octanol–water partition coefficient (Wildman–Crippen LogP) is 2.34. The van der Waals surface area contributed by atoms with E-state index < -0.39 is 6.04 Å². The fourth-order valence-electron chi connectivity index (χ4n) is 1.97. The summed E-state index contributed by atoms with van der Waals surface area (Å²) in [7, 11) is 4.08. The van der Waals surface area contributed by atoms with Gasteiger partial charge < -0.3 is 16.0 Å². The van der Waals surface area contributed by atoms with Gasteiger partial charge in [0.1, 0.15) is 0 Å². The number of nitrogens with zero attached hydrogens (tertiary/aromatic N) is 1. The molecule has 0 radical (unpaired) electrons. The van der Waals surface area contributed by atoms with Crippen molar-refractivity contribution >= 4 is 30.7 Å². The lowest BCUT2D eigenvalue weighted by Crippen LogP contribution is -2.40. The lowest BCUT2D eigenvalue weighted by atomic mass is 10.1. The average molecular weight is 336 g/mol. The summed E-state index contributed by atoms with van der Waals surface area (Å²) < 4.78 is 0.